The van der Waals surface area contributed by atoms with Gasteiger partial charge in [0.25, 0.3) is 0 Å². The summed E-state index contributed by atoms with van der Waals surface area (Å²) in [5, 5.41) is 3.29. The number of Topliss-reactive ketones (excluding diaryl/α,β-unsaturated/α-hetero) is 1. The SMILES string of the molecule is CCC(CC)CC(=O)COC1CCNCC1. The molecule has 0 aliphatic carbocycles. The van der Waals surface area contributed by atoms with Crippen LogP contribution in [0.25, 0.3) is 0 Å². The summed E-state index contributed by atoms with van der Waals surface area (Å²) in [5.74, 6) is 0.816. The van der Waals surface area contributed by atoms with Gasteiger partial charge in [0.15, 0.2) is 5.78 Å². The van der Waals surface area contributed by atoms with E-state index in [1.807, 2.05) is 0 Å². The summed E-state index contributed by atoms with van der Waals surface area (Å²) < 4.78 is 5.65. The van der Waals surface area contributed by atoms with E-state index in [0.717, 1.165) is 38.8 Å². The number of carbonyl (C=O) groups excluding carboxylic acids is 1. The van der Waals surface area contributed by atoms with Crippen LogP contribution in [0.1, 0.15) is 46.0 Å². The van der Waals surface area contributed by atoms with E-state index in [1.165, 1.54) is 0 Å². The molecule has 3 heteroatoms. The van der Waals surface area contributed by atoms with Crippen LogP contribution in [0.3, 0.4) is 0 Å². The highest BCUT2D eigenvalue weighted by Gasteiger charge is 2.16. The lowest BCUT2D eigenvalue weighted by Gasteiger charge is -2.22. The van der Waals surface area contributed by atoms with Crippen LogP contribution in [-0.4, -0.2) is 31.6 Å². The molecule has 1 heterocycles. The van der Waals surface area contributed by atoms with Crippen LogP contribution < -0.4 is 5.32 Å². The maximum absolute atomic E-state index is 11.7. The molecule has 0 spiro atoms. The molecule has 1 N–H and O–H groups in total. The first-order chi connectivity index (χ1) is 7.76. The highest BCUT2D eigenvalue weighted by molar-refractivity contribution is 5.79. The molecule has 0 aromatic rings. The van der Waals surface area contributed by atoms with Crippen molar-refractivity contribution in [2.45, 2.75) is 52.1 Å². The topological polar surface area (TPSA) is 38.3 Å². The fourth-order valence-corrected chi connectivity index (χ4v) is 2.13. The summed E-state index contributed by atoms with van der Waals surface area (Å²) in [4.78, 5) is 11.7. The molecule has 0 radical (unpaired) electrons. The molecule has 94 valence electrons. The van der Waals surface area contributed by atoms with E-state index in [4.69, 9.17) is 4.74 Å². The third-order valence-electron chi connectivity index (χ3n) is 3.44. The normalized spacial score (nSPS) is 17.9. The highest BCUT2D eigenvalue weighted by atomic mass is 16.5. The van der Waals surface area contributed by atoms with Gasteiger partial charge in [-0.25, -0.2) is 0 Å². The minimum atomic E-state index is 0.271. The molecule has 1 fully saturated rings. The van der Waals surface area contributed by atoms with E-state index >= 15 is 0 Å². The van der Waals surface area contributed by atoms with Crippen LogP contribution in [0.5, 0.6) is 0 Å². The van der Waals surface area contributed by atoms with Gasteiger partial charge in [-0.05, 0) is 31.8 Å². The van der Waals surface area contributed by atoms with Gasteiger partial charge in [0, 0.05) is 6.42 Å². The van der Waals surface area contributed by atoms with Crippen molar-refractivity contribution in [3.63, 3.8) is 0 Å². The Morgan fingerprint density at radius 3 is 2.50 bits per heavy atom. The van der Waals surface area contributed by atoms with Crippen molar-refractivity contribution in [2.75, 3.05) is 19.7 Å². The second-order valence-corrected chi connectivity index (χ2v) is 4.69. The van der Waals surface area contributed by atoms with Gasteiger partial charge in [0.05, 0.1) is 6.10 Å². The van der Waals surface area contributed by atoms with Gasteiger partial charge in [-0.1, -0.05) is 26.7 Å². The van der Waals surface area contributed by atoms with Crippen molar-refractivity contribution < 1.29 is 9.53 Å². The molecule has 0 unspecified atom stereocenters. The number of hydrogen-bond acceptors (Lipinski definition) is 3. The predicted octanol–water partition coefficient (Wildman–Crippen LogP) is 2.15. The standard InChI is InChI=1S/C13H25NO2/c1-3-11(4-2)9-12(15)10-16-13-5-7-14-8-6-13/h11,13-14H,3-10H2,1-2H3. The van der Waals surface area contributed by atoms with Crippen molar-refractivity contribution in [2.24, 2.45) is 5.92 Å². The van der Waals surface area contributed by atoms with Gasteiger partial charge in [-0.3, -0.25) is 4.79 Å². The lowest BCUT2D eigenvalue weighted by atomic mass is 9.97. The number of ketones is 1. The molecule has 1 saturated heterocycles. The number of carbonyl (C=O) groups is 1. The Balaban J connectivity index is 2.13. The van der Waals surface area contributed by atoms with Gasteiger partial charge >= 0.3 is 0 Å². The minimum absolute atomic E-state index is 0.271. The molecule has 1 aliphatic heterocycles. The Kier molecular flexibility index (Phi) is 6.65. The van der Waals surface area contributed by atoms with Gasteiger partial charge < -0.3 is 10.1 Å². The fourth-order valence-electron chi connectivity index (χ4n) is 2.13. The third kappa shape index (κ3) is 5.08. The number of nitrogens with one attached hydrogen (secondary N) is 1. The van der Waals surface area contributed by atoms with Gasteiger partial charge in [0.2, 0.25) is 0 Å². The largest absolute Gasteiger partial charge is 0.370 e. The Morgan fingerprint density at radius 2 is 1.94 bits per heavy atom. The molecule has 16 heavy (non-hydrogen) atoms. The summed E-state index contributed by atoms with van der Waals surface area (Å²) in [7, 11) is 0. The summed E-state index contributed by atoms with van der Waals surface area (Å²) >= 11 is 0. The predicted molar refractivity (Wildman–Crippen MR) is 65.5 cm³/mol. The molecule has 0 aromatic heterocycles. The van der Waals surface area contributed by atoms with Crippen molar-refractivity contribution in [3.05, 3.63) is 0 Å². The van der Waals surface area contributed by atoms with Gasteiger partial charge in [-0.15, -0.1) is 0 Å². The van der Waals surface area contributed by atoms with Crippen LogP contribution in [0.15, 0.2) is 0 Å². The molecule has 0 aromatic carbocycles. The maximum Gasteiger partial charge on any atom is 0.158 e. The van der Waals surface area contributed by atoms with E-state index in [2.05, 4.69) is 19.2 Å². The second-order valence-electron chi connectivity index (χ2n) is 4.69. The van der Waals surface area contributed by atoms with Crippen LogP contribution in [0.2, 0.25) is 0 Å². The minimum Gasteiger partial charge on any atom is -0.370 e. The van der Waals surface area contributed by atoms with Crippen molar-refractivity contribution in [1.82, 2.24) is 5.32 Å². The molecule has 0 amide bonds. The average Bonchev–Trinajstić information content (AvgIpc) is 2.34. The second kappa shape index (κ2) is 7.80. The van der Waals surface area contributed by atoms with E-state index < -0.39 is 0 Å². The first-order valence-electron chi connectivity index (χ1n) is 6.60. The molecule has 3 nitrogen and oxygen atoms in total. The Labute approximate surface area is 98.9 Å². The van der Waals surface area contributed by atoms with E-state index in [-0.39, 0.29) is 5.78 Å². The Morgan fingerprint density at radius 1 is 1.31 bits per heavy atom. The monoisotopic (exact) mass is 227 g/mol. The lowest BCUT2D eigenvalue weighted by Crippen LogP contribution is -2.33. The number of piperidine rings is 1. The Hall–Kier alpha value is -0.410. The maximum atomic E-state index is 11.7. The summed E-state index contributed by atoms with van der Waals surface area (Å²) in [5.41, 5.74) is 0. The molecule has 0 atom stereocenters. The van der Waals surface area contributed by atoms with E-state index in [0.29, 0.717) is 25.0 Å². The molecule has 1 rings (SSSR count). The van der Waals surface area contributed by atoms with Crippen molar-refractivity contribution in [3.8, 4) is 0 Å². The summed E-state index contributed by atoms with van der Waals surface area (Å²) in [6.07, 6.45) is 5.26. The zero-order chi connectivity index (χ0) is 11.8. The van der Waals surface area contributed by atoms with E-state index in [9.17, 15) is 4.79 Å². The van der Waals surface area contributed by atoms with Crippen LogP contribution in [0.4, 0.5) is 0 Å². The van der Waals surface area contributed by atoms with Crippen molar-refractivity contribution in [1.29, 1.82) is 0 Å². The van der Waals surface area contributed by atoms with E-state index in [1.54, 1.807) is 0 Å². The first kappa shape index (κ1) is 13.7. The molecule has 1 aliphatic rings. The number of hydrogen-bond donors (Lipinski definition) is 1. The fraction of sp³-hybridized carbons (Fsp3) is 0.923. The number of ether oxygens (including phenoxy) is 1. The molecular formula is C13H25NO2. The summed E-state index contributed by atoms with van der Waals surface area (Å²) in [6, 6.07) is 0. The summed E-state index contributed by atoms with van der Waals surface area (Å²) in [6.45, 7) is 6.65. The average molecular weight is 227 g/mol. The molecular weight excluding hydrogens is 202 g/mol. The Bertz CT molecular complexity index is 196. The molecule has 0 saturated carbocycles. The van der Waals surface area contributed by atoms with Gasteiger partial charge in [-0.2, -0.15) is 0 Å². The van der Waals surface area contributed by atoms with Crippen LogP contribution in [-0.2, 0) is 9.53 Å². The smallest absolute Gasteiger partial charge is 0.158 e. The van der Waals surface area contributed by atoms with Crippen LogP contribution in [0, 0.1) is 5.92 Å². The van der Waals surface area contributed by atoms with Crippen LogP contribution >= 0.6 is 0 Å². The molecule has 0 bridgehead atoms. The number of rotatable bonds is 7. The first-order valence-corrected chi connectivity index (χ1v) is 6.60. The van der Waals surface area contributed by atoms with Gasteiger partial charge in [0.1, 0.15) is 6.61 Å². The third-order valence-corrected chi connectivity index (χ3v) is 3.44. The zero-order valence-electron chi connectivity index (χ0n) is 10.6. The lowest BCUT2D eigenvalue weighted by molar-refractivity contribution is -0.127. The van der Waals surface area contributed by atoms with Crippen molar-refractivity contribution >= 4 is 5.78 Å². The highest BCUT2D eigenvalue weighted by Crippen LogP contribution is 2.14. The zero-order valence-corrected chi connectivity index (χ0v) is 10.6. The quantitative estimate of drug-likeness (QED) is 0.724.